The molecule has 0 unspecified atom stereocenters. The average molecular weight is 345 g/mol. The fraction of sp³-hybridized carbons (Fsp3) is 0.0556. The van der Waals surface area contributed by atoms with E-state index in [0.29, 0.717) is 22.4 Å². The molecule has 0 atom stereocenters. The highest BCUT2D eigenvalue weighted by atomic mass is 16.2. The van der Waals surface area contributed by atoms with Gasteiger partial charge in [0.25, 0.3) is 5.91 Å². The first kappa shape index (κ1) is 15.7. The van der Waals surface area contributed by atoms with E-state index in [1.807, 2.05) is 31.2 Å². The lowest BCUT2D eigenvalue weighted by Gasteiger charge is -2.08. The van der Waals surface area contributed by atoms with E-state index in [2.05, 4.69) is 30.9 Å². The molecule has 0 aliphatic carbocycles. The Kier molecular flexibility index (Phi) is 3.98. The number of fused-ring (bicyclic) bond motifs is 1. The molecule has 0 saturated heterocycles. The number of hydrogen-bond donors (Lipinski definition) is 2. The second kappa shape index (κ2) is 6.60. The Morgan fingerprint density at radius 3 is 2.58 bits per heavy atom. The number of rotatable bonds is 4. The van der Waals surface area contributed by atoms with Gasteiger partial charge in [-0.15, -0.1) is 0 Å². The van der Waals surface area contributed by atoms with E-state index in [1.54, 1.807) is 35.4 Å². The fourth-order valence-corrected chi connectivity index (χ4v) is 2.51. The summed E-state index contributed by atoms with van der Waals surface area (Å²) in [4.78, 5) is 24.5. The molecular weight excluding hydrogens is 330 g/mol. The smallest absolute Gasteiger partial charge is 0.269 e. The van der Waals surface area contributed by atoms with Gasteiger partial charge in [-0.3, -0.25) is 20.6 Å². The van der Waals surface area contributed by atoms with Crippen LogP contribution in [0.25, 0.3) is 16.7 Å². The van der Waals surface area contributed by atoms with Gasteiger partial charge in [-0.05, 0) is 31.2 Å². The van der Waals surface area contributed by atoms with Gasteiger partial charge in [-0.2, -0.15) is 5.10 Å². The first-order chi connectivity index (χ1) is 12.7. The van der Waals surface area contributed by atoms with Gasteiger partial charge in [-0.25, -0.2) is 14.6 Å². The van der Waals surface area contributed by atoms with Crippen LogP contribution in [0.1, 0.15) is 15.9 Å². The summed E-state index contributed by atoms with van der Waals surface area (Å²) in [5.41, 5.74) is 8.66. The first-order valence-corrected chi connectivity index (χ1v) is 7.94. The van der Waals surface area contributed by atoms with Crippen LogP contribution >= 0.6 is 0 Å². The lowest BCUT2D eigenvalue weighted by molar-refractivity contribution is 0.0962. The number of anilines is 1. The second-order valence-electron chi connectivity index (χ2n) is 5.67. The van der Waals surface area contributed by atoms with E-state index in [-0.39, 0.29) is 5.91 Å². The van der Waals surface area contributed by atoms with Gasteiger partial charge in [0.05, 0.1) is 17.3 Å². The molecule has 0 fully saturated rings. The maximum atomic E-state index is 12.1. The molecule has 0 spiro atoms. The monoisotopic (exact) mass is 345 g/mol. The molecule has 0 saturated carbocycles. The van der Waals surface area contributed by atoms with Crippen molar-refractivity contribution in [3.8, 4) is 5.69 Å². The zero-order valence-electron chi connectivity index (χ0n) is 13.9. The van der Waals surface area contributed by atoms with E-state index >= 15 is 0 Å². The van der Waals surface area contributed by atoms with Crippen molar-refractivity contribution in [2.24, 2.45) is 0 Å². The van der Waals surface area contributed by atoms with Crippen molar-refractivity contribution in [2.75, 3.05) is 5.43 Å². The number of aryl methyl sites for hydroxylation is 1. The highest BCUT2D eigenvalue weighted by molar-refractivity contribution is 5.95. The van der Waals surface area contributed by atoms with Crippen LogP contribution in [-0.2, 0) is 0 Å². The molecule has 8 nitrogen and oxygen atoms in total. The number of carbonyl (C=O) groups excluding carboxylic acids is 1. The molecule has 8 heteroatoms. The maximum Gasteiger partial charge on any atom is 0.269 e. The number of amides is 1. The van der Waals surface area contributed by atoms with Gasteiger partial charge in [0.15, 0.2) is 11.5 Å². The Bertz CT molecular complexity index is 1060. The van der Waals surface area contributed by atoms with E-state index in [0.717, 1.165) is 5.69 Å². The Balaban J connectivity index is 1.61. The number of pyridine rings is 1. The third-order valence-corrected chi connectivity index (χ3v) is 3.88. The van der Waals surface area contributed by atoms with Crippen LogP contribution in [0.2, 0.25) is 0 Å². The molecular formula is C18H15N7O. The molecule has 4 rings (SSSR count). The number of benzene rings is 1. The zero-order chi connectivity index (χ0) is 17.9. The van der Waals surface area contributed by atoms with Gasteiger partial charge in [-0.1, -0.05) is 17.7 Å². The summed E-state index contributed by atoms with van der Waals surface area (Å²) in [5.74, 6) is 0.181. The molecule has 0 radical (unpaired) electrons. The molecule has 1 amide bonds. The van der Waals surface area contributed by atoms with Crippen molar-refractivity contribution < 1.29 is 4.79 Å². The minimum Gasteiger partial charge on any atom is -0.281 e. The third kappa shape index (κ3) is 2.95. The molecule has 1 aromatic carbocycles. The largest absolute Gasteiger partial charge is 0.281 e. The molecule has 3 heterocycles. The van der Waals surface area contributed by atoms with Crippen molar-refractivity contribution in [2.45, 2.75) is 6.92 Å². The van der Waals surface area contributed by atoms with E-state index in [1.165, 1.54) is 11.9 Å². The number of carbonyl (C=O) groups is 1. The molecule has 0 bridgehead atoms. The second-order valence-corrected chi connectivity index (χ2v) is 5.67. The average Bonchev–Trinajstić information content (AvgIpc) is 3.12. The lowest BCUT2D eigenvalue weighted by Crippen LogP contribution is -2.29. The van der Waals surface area contributed by atoms with E-state index in [9.17, 15) is 4.79 Å². The minimum atomic E-state index is -0.287. The Hall–Kier alpha value is -3.81. The van der Waals surface area contributed by atoms with Gasteiger partial charge >= 0.3 is 0 Å². The summed E-state index contributed by atoms with van der Waals surface area (Å²) in [5, 5.41) is 5.09. The van der Waals surface area contributed by atoms with Crippen molar-refractivity contribution in [3.63, 3.8) is 0 Å². The van der Waals surface area contributed by atoms with Crippen LogP contribution < -0.4 is 10.9 Å². The van der Waals surface area contributed by atoms with Crippen LogP contribution in [0.15, 0.2) is 61.3 Å². The predicted octanol–water partition coefficient (Wildman–Crippen LogP) is 2.28. The summed E-state index contributed by atoms with van der Waals surface area (Å²) in [6, 6.07) is 11.2. The third-order valence-electron chi connectivity index (χ3n) is 3.88. The molecule has 0 aliphatic rings. The van der Waals surface area contributed by atoms with Crippen LogP contribution in [0.4, 0.5) is 5.82 Å². The van der Waals surface area contributed by atoms with Crippen LogP contribution in [-0.4, -0.2) is 30.6 Å². The fourth-order valence-electron chi connectivity index (χ4n) is 2.51. The van der Waals surface area contributed by atoms with Crippen LogP contribution in [0, 0.1) is 6.92 Å². The van der Waals surface area contributed by atoms with Gasteiger partial charge in [0.1, 0.15) is 6.33 Å². The van der Waals surface area contributed by atoms with Crippen LogP contribution in [0.3, 0.4) is 0 Å². The van der Waals surface area contributed by atoms with Crippen molar-refractivity contribution in [3.05, 3.63) is 72.4 Å². The summed E-state index contributed by atoms with van der Waals surface area (Å²) >= 11 is 0. The Morgan fingerprint density at radius 1 is 1.04 bits per heavy atom. The maximum absolute atomic E-state index is 12.1. The number of hydrogen-bond acceptors (Lipinski definition) is 6. The number of nitrogens with zero attached hydrogens (tertiary/aromatic N) is 5. The topological polar surface area (TPSA) is 97.6 Å². The normalized spacial score (nSPS) is 10.7. The van der Waals surface area contributed by atoms with Crippen molar-refractivity contribution in [1.29, 1.82) is 0 Å². The van der Waals surface area contributed by atoms with Gasteiger partial charge in [0, 0.05) is 18.0 Å². The number of nitrogens with one attached hydrogen (secondary N) is 2. The van der Waals surface area contributed by atoms with Crippen LogP contribution in [0.5, 0.6) is 0 Å². The zero-order valence-corrected chi connectivity index (χ0v) is 13.9. The predicted molar refractivity (Wildman–Crippen MR) is 96.7 cm³/mol. The molecule has 2 N–H and O–H groups in total. The van der Waals surface area contributed by atoms with Gasteiger partial charge < -0.3 is 0 Å². The summed E-state index contributed by atoms with van der Waals surface area (Å²) < 4.78 is 1.73. The van der Waals surface area contributed by atoms with E-state index < -0.39 is 0 Å². The SMILES string of the molecule is Cc1ccc(-n2ncc3c(NNC(=O)c4ccncc4)ncnc32)cc1. The standard InChI is InChI=1S/C18H15N7O/c1-12-2-4-14(5-3-12)25-17-15(10-22-25)16(20-11-21-17)23-24-18(26)13-6-8-19-9-7-13/h2-11H,1H3,(H,24,26)(H,20,21,23). The van der Waals surface area contributed by atoms with Crippen molar-refractivity contribution >= 4 is 22.8 Å². The molecule has 3 aromatic heterocycles. The number of aromatic nitrogens is 5. The minimum absolute atomic E-state index is 0.287. The first-order valence-electron chi connectivity index (χ1n) is 7.94. The van der Waals surface area contributed by atoms with E-state index in [4.69, 9.17) is 0 Å². The lowest BCUT2D eigenvalue weighted by atomic mass is 10.2. The highest BCUT2D eigenvalue weighted by Gasteiger charge is 2.12. The highest BCUT2D eigenvalue weighted by Crippen LogP contribution is 2.21. The summed E-state index contributed by atoms with van der Waals surface area (Å²) in [6.45, 7) is 2.03. The number of hydrazine groups is 1. The molecule has 26 heavy (non-hydrogen) atoms. The Morgan fingerprint density at radius 2 is 1.81 bits per heavy atom. The summed E-state index contributed by atoms with van der Waals surface area (Å²) in [6.07, 6.45) is 6.21. The Labute approximate surface area is 148 Å². The molecule has 128 valence electrons. The quantitative estimate of drug-likeness (QED) is 0.551. The molecule has 4 aromatic rings. The molecule has 0 aliphatic heterocycles. The van der Waals surface area contributed by atoms with Gasteiger partial charge in [0.2, 0.25) is 0 Å². The summed E-state index contributed by atoms with van der Waals surface area (Å²) in [7, 11) is 0. The van der Waals surface area contributed by atoms with Crippen molar-refractivity contribution in [1.82, 2.24) is 30.2 Å².